The van der Waals surface area contributed by atoms with Crippen molar-refractivity contribution in [3.8, 4) is 11.1 Å². The van der Waals surface area contributed by atoms with E-state index in [9.17, 15) is 4.79 Å². The molecule has 3 aromatic rings. The molecule has 2 aliphatic rings. The zero-order valence-electron chi connectivity index (χ0n) is 16.7. The highest BCUT2D eigenvalue weighted by atomic mass is 16.2. The predicted octanol–water partition coefficient (Wildman–Crippen LogP) is 2.98. The summed E-state index contributed by atoms with van der Waals surface area (Å²) in [6.07, 6.45) is 5.71. The summed E-state index contributed by atoms with van der Waals surface area (Å²) in [5.41, 5.74) is 4.54. The summed E-state index contributed by atoms with van der Waals surface area (Å²) in [6.45, 7) is 5.41. The number of aromatic nitrogens is 4. The van der Waals surface area contributed by atoms with E-state index in [0.29, 0.717) is 13.1 Å². The number of carbonyl (C=O) groups excluding carboxylic acids is 1. The molecule has 0 saturated carbocycles. The predicted molar refractivity (Wildman–Crippen MR) is 111 cm³/mol. The molecular formula is C22H24N6O. The third kappa shape index (κ3) is 3.16. The lowest BCUT2D eigenvalue weighted by Gasteiger charge is -2.41. The Morgan fingerprint density at radius 1 is 1.07 bits per heavy atom. The van der Waals surface area contributed by atoms with Gasteiger partial charge in [0.2, 0.25) is 5.95 Å². The van der Waals surface area contributed by atoms with Gasteiger partial charge in [-0.2, -0.15) is 5.10 Å². The fourth-order valence-electron chi connectivity index (χ4n) is 4.71. The van der Waals surface area contributed by atoms with E-state index >= 15 is 0 Å². The smallest absolute Gasteiger partial charge is 0.254 e. The molecule has 2 saturated heterocycles. The molecule has 2 fully saturated rings. The standard InChI is InChI=1S/C22H24N6O/c1-14-9-15(2)26-22(25-14)28-17-7-8-18(28)13-27(12-17)21(29)20-6-4-3-5-19(20)16-10-23-24-11-16/h3-6,9-11,17-18H,7-8,12-13H2,1-2H3,(H,23,24). The maximum Gasteiger partial charge on any atom is 0.254 e. The van der Waals surface area contributed by atoms with Gasteiger partial charge in [0.1, 0.15) is 0 Å². The highest BCUT2D eigenvalue weighted by Crippen LogP contribution is 2.34. The summed E-state index contributed by atoms with van der Waals surface area (Å²) in [5.74, 6) is 0.889. The lowest BCUT2D eigenvalue weighted by Crippen LogP contribution is -2.56. The summed E-state index contributed by atoms with van der Waals surface area (Å²) in [5, 5.41) is 6.87. The van der Waals surface area contributed by atoms with E-state index in [4.69, 9.17) is 0 Å². The van der Waals surface area contributed by atoms with Crippen molar-refractivity contribution in [2.45, 2.75) is 38.8 Å². The summed E-state index contributed by atoms with van der Waals surface area (Å²) in [7, 11) is 0. The van der Waals surface area contributed by atoms with E-state index in [0.717, 1.165) is 46.9 Å². The van der Waals surface area contributed by atoms with Gasteiger partial charge in [-0.25, -0.2) is 9.97 Å². The van der Waals surface area contributed by atoms with Gasteiger partial charge in [0.15, 0.2) is 0 Å². The molecule has 4 heterocycles. The number of nitrogens with one attached hydrogen (secondary N) is 1. The van der Waals surface area contributed by atoms with E-state index in [-0.39, 0.29) is 18.0 Å². The normalized spacial score (nSPS) is 20.9. The van der Waals surface area contributed by atoms with Crippen molar-refractivity contribution in [2.24, 2.45) is 0 Å². The third-order valence-corrected chi connectivity index (χ3v) is 5.94. The Balaban J connectivity index is 1.41. The van der Waals surface area contributed by atoms with E-state index in [1.807, 2.05) is 55.3 Å². The van der Waals surface area contributed by atoms with Crippen LogP contribution in [0.1, 0.15) is 34.6 Å². The van der Waals surface area contributed by atoms with E-state index in [1.54, 1.807) is 6.20 Å². The number of fused-ring (bicyclic) bond motifs is 2. The van der Waals surface area contributed by atoms with Gasteiger partial charge in [0, 0.05) is 53.9 Å². The zero-order chi connectivity index (χ0) is 20.0. The zero-order valence-corrected chi connectivity index (χ0v) is 16.7. The first kappa shape index (κ1) is 17.8. The Morgan fingerprint density at radius 3 is 2.41 bits per heavy atom. The number of aromatic amines is 1. The minimum atomic E-state index is 0.0830. The van der Waals surface area contributed by atoms with Crippen LogP contribution in [-0.2, 0) is 0 Å². The van der Waals surface area contributed by atoms with Crippen LogP contribution in [0.25, 0.3) is 11.1 Å². The van der Waals surface area contributed by atoms with Crippen molar-refractivity contribution in [3.63, 3.8) is 0 Å². The minimum absolute atomic E-state index is 0.0830. The first-order chi connectivity index (χ1) is 14.1. The van der Waals surface area contributed by atoms with Crippen LogP contribution in [0, 0.1) is 13.8 Å². The Bertz CT molecular complexity index is 1010. The second-order valence-electron chi connectivity index (χ2n) is 7.99. The van der Waals surface area contributed by atoms with Gasteiger partial charge in [-0.05, 0) is 44.4 Å². The van der Waals surface area contributed by atoms with Crippen molar-refractivity contribution in [3.05, 3.63) is 59.7 Å². The van der Waals surface area contributed by atoms with Gasteiger partial charge in [-0.3, -0.25) is 9.89 Å². The number of hydrogen-bond donors (Lipinski definition) is 1. The molecule has 2 bridgehead atoms. The number of rotatable bonds is 3. The lowest BCUT2D eigenvalue weighted by atomic mass is 10.0. The van der Waals surface area contributed by atoms with E-state index in [1.165, 1.54) is 0 Å². The topological polar surface area (TPSA) is 78.0 Å². The van der Waals surface area contributed by atoms with Crippen molar-refractivity contribution < 1.29 is 4.79 Å². The fourth-order valence-corrected chi connectivity index (χ4v) is 4.71. The average Bonchev–Trinajstić information content (AvgIpc) is 3.33. The lowest BCUT2D eigenvalue weighted by molar-refractivity contribution is 0.0717. The summed E-state index contributed by atoms with van der Waals surface area (Å²) in [4.78, 5) is 27.1. The van der Waals surface area contributed by atoms with Crippen LogP contribution in [0.3, 0.4) is 0 Å². The Labute approximate surface area is 169 Å². The van der Waals surface area contributed by atoms with Crippen molar-refractivity contribution in [1.29, 1.82) is 0 Å². The molecule has 5 rings (SSSR count). The Hall–Kier alpha value is -3.22. The molecule has 1 N–H and O–H groups in total. The summed E-state index contributed by atoms with van der Waals surface area (Å²) >= 11 is 0. The van der Waals surface area contributed by atoms with Gasteiger partial charge < -0.3 is 9.80 Å². The number of hydrogen-bond acceptors (Lipinski definition) is 5. The quantitative estimate of drug-likeness (QED) is 0.746. The first-order valence-corrected chi connectivity index (χ1v) is 10.1. The molecule has 2 atom stereocenters. The number of carbonyl (C=O) groups is 1. The van der Waals surface area contributed by atoms with E-state index < -0.39 is 0 Å². The van der Waals surface area contributed by atoms with Crippen molar-refractivity contribution >= 4 is 11.9 Å². The number of nitrogens with zero attached hydrogens (tertiary/aromatic N) is 5. The molecule has 1 aromatic carbocycles. The summed E-state index contributed by atoms with van der Waals surface area (Å²) < 4.78 is 0. The molecular weight excluding hydrogens is 364 g/mol. The van der Waals surface area contributed by atoms with Crippen LogP contribution >= 0.6 is 0 Å². The SMILES string of the molecule is Cc1cc(C)nc(N2C3CCC2CN(C(=O)c2ccccc2-c2cn[nH]c2)C3)n1. The number of H-pyrrole nitrogens is 1. The third-order valence-electron chi connectivity index (χ3n) is 5.94. The van der Waals surface area contributed by atoms with Crippen LogP contribution in [0.4, 0.5) is 5.95 Å². The van der Waals surface area contributed by atoms with Crippen LogP contribution in [0.5, 0.6) is 0 Å². The highest BCUT2D eigenvalue weighted by molar-refractivity contribution is 6.01. The number of amides is 1. The molecule has 7 nitrogen and oxygen atoms in total. The number of aryl methyl sites for hydroxylation is 2. The first-order valence-electron chi connectivity index (χ1n) is 10.1. The van der Waals surface area contributed by atoms with Crippen LogP contribution in [0.2, 0.25) is 0 Å². The fraction of sp³-hybridized carbons (Fsp3) is 0.364. The van der Waals surface area contributed by atoms with Crippen molar-refractivity contribution in [2.75, 3.05) is 18.0 Å². The molecule has 2 unspecified atom stereocenters. The molecule has 0 radical (unpaired) electrons. The van der Waals surface area contributed by atoms with Crippen LogP contribution in [-0.4, -0.2) is 56.1 Å². The van der Waals surface area contributed by atoms with Crippen molar-refractivity contribution in [1.82, 2.24) is 25.1 Å². The number of likely N-dealkylation sites (tertiary alicyclic amines) is 1. The van der Waals surface area contributed by atoms with Gasteiger partial charge in [-0.1, -0.05) is 18.2 Å². The Morgan fingerprint density at radius 2 is 1.76 bits per heavy atom. The molecule has 2 aliphatic heterocycles. The van der Waals surface area contributed by atoms with Gasteiger partial charge in [0.05, 0.1) is 6.20 Å². The molecule has 2 aromatic heterocycles. The average molecular weight is 388 g/mol. The largest absolute Gasteiger partial charge is 0.334 e. The van der Waals surface area contributed by atoms with E-state index in [2.05, 4.69) is 25.1 Å². The second-order valence-corrected chi connectivity index (χ2v) is 7.99. The van der Waals surface area contributed by atoms with Crippen LogP contribution < -0.4 is 4.90 Å². The molecule has 0 spiro atoms. The van der Waals surface area contributed by atoms with Gasteiger partial charge in [0.25, 0.3) is 5.91 Å². The van der Waals surface area contributed by atoms with Gasteiger partial charge in [-0.15, -0.1) is 0 Å². The monoisotopic (exact) mass is 388 g/mol. The summed E-state index contributed by atoms with van der Waals surface area (Å²) in [6, 6.07) is 10.3. The minimum Gasteiger partial charge on any atom is -0.334 e. The molecule has 0 aliphatic carbocycles. The maximum atomic E-state index is 13.4. The molecule has 29 heavy (non-hydrogen) atoms. The van der Waals surface area contributed by atoms with Gasteiger partial charge >= 0.3 is 0 Å². The molecule has 1 amide bonds. The molecule has 7 heteroatoms. The number of piperazine rings is 1. The number of anilines is 1. The Kier molecular flexibility index (Phi) is 4.30. The molecule has 148 valence electrons. The highest BCUT2D eigenvalue weighted by Gasteiger charge is 2.43. The second kappa shape index (κ2) is 6.99. The maximum absolute atomic E-state index is 13.4. The number of benzene rings is 1. The van der Waals surface area contributed by atoms with Crippen LogP contribution in [0.15, 0.2) is 42.7 Å².